The van der Waals surface area contributed by atoms with Gasteiger partial charge in [0.05, 0.1) is 6.61 Å². The third kappa shape index (κ3) is 4.82. The lowest BCUT2D eigenvalue weighted by Gasteiger charge is -2.08. The highest BCUT2D eigenvalue weighted by Gasteiger charge is 2.02. The third-order valence-electron chi connectivity index (χ3n) is 2.38. The molecule has 4 nitrogen and oxygen atoms in total. The predicted octanol–water partition coefficient (Wildman–Crippen LogP) is 0.968. The number of carbonyl (C=O) groups excluding carboxylic acids is 1. The fourth-order valence-corrected chi connectivity index (χ4v) is 1.48. The number of halogens is 1. The van der Waals surface area contributed by atoms with Gasteiger partial charge in [-0.1, -0.05) is 6.07 Å². The van der Waals surface area contributed by atoms with Crippen molar-refractivity contribution in [2.75, 3.05) is 19.7 Å². The standard InChI is InChI=1S/C12H17FN2O2/c1-9-8-11(13)3-2-10(9)4-5-14-12(17)15-6-7-16/h2-3,8,16H,4-7H2,1H3,(H2,14,15,17). The van der Waals surface area contributed by atoms with Crippen LogP contribution in [0.2, 0.25) is 0 Å². The highest BCUT2D eigenvalue weighted by atomic mass is 19.1. The lowest BCUT2D eigenvalue weighted by Crippen LogP contribution is -2.38. The van der Waals surface area contributed by atoms with Crippen molar-refractivity contribution in [2.45, 2.75) is 13.3 Å². The number of nitrogens with one attached hydrogen (secondary N) is 2. The van der Waals surface area contributed by atoms with E-state index in [9.17, 15) is 9.18 Å². The predicted molar refractivity (Wildman–Crippen MR) is 63.3 cm³/mol. The maximum Gasteiger partial charge on any atom is 0.314 e. The summed E-state index contributed by atoms with van der Waals surface area (Å²) >= 11 is 0. The van der Waals surface area contributed by atoms with E-state index in [4.69, 9.17) is 5.11 Å². The Morgan fingerprint density at radius 1 is 1.35 bits per heavy atom. The van der Waals surface area contributed by atoms with Crippen LogP contribution in [0.15, 0.2) is 18.2 Å². The summed E-state index contributed by atoms with van der Waals surface area (Å²) in [4.78, 5) is 11.1. The van der Waals surface area contributed by atoms with E-state index in [1.165, 1.54) is 12.1 Å². The number of hydrogen-bond donors (Lipinski definition) is 3. The van der Waals surface area contributed by atoms with Gasteiger partial charge in [-0.2, -0.15) is 0 Å². The first kappa shape index (κ1) is 13.4. The Morgan fingerprint density at radius 3 is 2.71 bits per heavy atom. The Balaban J connectivity index is 2.33. The number of hydrogen-bond acceptors (Lipinski definition) is 2. The largest absolute Gasteiger partial charge is 0.395 e. The number of aliphatic hydroxyl groups is 1. The summed E-state index contributed by atoms with van der Waals surface area (Å²) in [7, 11) is 0. The van der Waals surface area contributed by atoms with Gasteiger partial charge in [-0.3, -0.25) is 0 Å². The van der Waals surface area contributed by atoms with Crippen molar-refractivity contribution >= 4 is 6.03 Å². The second-order valence-corrected chi connectivity index (χ2v) is 3.73. The first-order valence-corrected chi connectivity index (χ1v) is 5.51. The van der Waals surface area contributed by atoms with Gasteiger partial charge in [-0.15, -0.1) is 0 Å². The molecular weight excluding hydrogens is 223 g/mol. The van der Waals surface area contributed by atoms with Crippen molar-refractivity contribution in [3.8, 4) is 0 Å². The molecule has 0 radical (unpaired) electrons. The molecule has 3 N–H and O–H groups in total. The second-order valence-electron chi connectivity index (χ2n) is 3.73. The number of benzene rings is 1. The van der Waals surface area contributed by atoms with E-state index in [1.54, 1.807) is 6.07 Å². The van der Waals surface area contributed by atoms with Crippen LogP contribution in [0.1, 0.15) is 11.1 Å². The summed E-state index contributed by atoms with van der Waals surface area (Å²) in [5.41, 5.74) is 1.89. The second kappa shape index (κ2) is 6.85. The van der Waals surface area contributed by atoms with Crippen molar-refractivity contribution in [1.29, 1.82) is 0 Å². The quantitative estimate of drug-likeness (QED) is 0.718. The number of amides is 2. The Labute approximate surface area is 99.8 Å². The van der Waals surface area contributed by atoms with E-state index >= 15 is 0 Å². The van der Waals surface area contributed by atoms with Crippen LogP contribution in [0.3, 0.4) is 0 Å². The molecule has 1 aromatic carbocycles. The minimum Gasteiger partial charge on any atom is -0.395 e. The molecule has 0 aliphatic heterocycles. The van der Waals surface area contributed by atoms with Gasteiger partial charge in [-0.05, 0) is 36.6 Å². The molecule has 0 saturated heterocycles. The highest BCUT2D eigenvalue weighted by Crippen LogP contribution is 2.10. The van der Waals surface area contributed by atoms with Gasteiger partial charge in [-0.25, -0.2) is 9.18 Å². The fraction of sp³-hybridized carbons (Fsp3) is 0.417. The summed E-state index contributed by atoms with van der Waals surface area (Å²) < 4.78 is 12.8. The molecule has 0 aliphatic carbocycles. The monoisotopic (exact) mass is 240 g/mol. The summed E-state index contributed by atoms with van der Waals surface area (Å²) in [5.74, 6) is -0.250. The molecule has 0 unspecified atom stereocenters. The molecule has 0 bridgehead atoms. The molecule has 5 heteroatoms. The molecule has 0 spiro atoms. The smallest absolute Gasteiger partial charge is 0.314 e. The van der Waals surface area contributed by atoms with Crippen LogP contribution in [-0.2, 0) is 6.42 Å². The third-order valence-corrected chi connectivity index (χ3v) is 2.38. The van der Waals surface area contributed by atoms with Gasteiger partial charge < -0.3 is 15.7 Å². The van der Waals surface area contributed by atoms with Crippen LogP contribution in [0.5, 0.6) is 0 Å². The molecule has 1 aromatic rings. The van der Waals surface area contributed by atoms with Crippen molar-refractivity contribution in [3.63, 3.8) is 0 Å². The highest BCUT2D eigenvalue weighted by molar-refractivity contribution is 5.73. The fourth-order valence-electron chi connectivity index (χ4n) is 1.48. The maximum atomic E-state index is 12.8. The number of urea groups is 1. The molecule has 17 heavy (non-hydrogen) atoms. The topological polar surface area (TPSA) is 61.4 Å². The molecule has 0 atom stereocenters. The molecule has 0 heterocycles. The van der Waals surface area contributed by atoms with Crippen molar-refractivity contribution in [2.24, 2.45) is 0 Å². The van der Waals surface area contributed by atoms with Gasteiger partial charge in [0, 0.05) is 13.1 Å². The molecular formula is C12H17FN2O2. The number of aryl methyl sites for hydroxylation is 1. The maximum absolute atomic E-state index is 12.8. The zero-order valence-corrected chi connectivity index (χ0v) is 9.79. The molecule has 1 rings (SSSR count). The summed E-state index contributed by atoms with van der Waals surface area (Å²) in [6.45, 7) is 2.47. The van der Waals surface area contributed by atoms with Crippen LogP contribution in [0.25, 0.3) is 0 Å². The first-order chi connectivity index (χ1) is 8.13. The van der Waals surface area contributed by atoms with Gasteiger partial charge >= 0.3 is 6.03 Å². The Morgan fingerprint density at radius 2 is 2.06 bits per heavy atom. The summed E-state index contributed by atoms with van der Waals surface area (Å²) in [6, 6.07) is 4.30. The molecule has 94 valence electrons. The summed E-state index contributed by atoms with van der Waals surface area (Å²) in [6.07, 6.45) is 0.651. The zero-order chi connectivity index (χ0) is 12.7. The van der Waals surface area contributed by atoms with E-state index in [2.05, 4.69) is 10.6 Å². The first-order valence-electron chi connectivity index (χ1n) is 5.51. The lowest BCUT2D eigenvalue weighted by molar-refractivity contribution is 0.234. The minimum absolute atomic E-state index is 0.0789. The minimum atomic E-state index is -0.307. The molecule has 0 fully saturated rings. The van der Waals surface area contributed by atoms with Gasteiger partial charge in [0.1, 0.15) is 5.82 Å². The Bertz CT molecular complexity index is 383. The van der Waals surface area contributed by atoms with Crippen LogP contribution >= 0.6 is 0 Å². The molecule has 2 amide bonds. The van der Waals surface area contributed by atoms with E-state index in [1.807, 2.05) is 6.92 Å². The molecule has 0 saturated carbocycles. The van der Waals surface area contributed by atoms with E-state index in [0.29, 0.717) is 13.0 Å². The van der Waals surface area contributed by atoms with E-state index < -0.39 is 0 Å². The van der Waals surface area contributed by atoms with Gasteiger partial charge in [0.2, 0.25) is 0 Å². The van der Waals surface area contributed by atoms with E-state index in [0.717, 1.165) is 11.1 Å². The van der Waals surface area contributed by atoms with Gasteiger partial charge in [0.15, 0.2) is 0 Å². The van der Waals surface area contributed by atoms with Gasteiger partial charge in [0.25, 0.3) is 0 Å². The molecule has 0 aromatic heterocycles. The summed E-state index contributed by atoms with van der Waals surface area (Å²) in [5, 5.41) is 13.6. The van der Waals surface area contributed by atoms with Crippen LogP contribution < -0.4 is 10.6 Å². The lowest BCUT2D eigenvalue weighted by atomic mass is 10.1. The van der Waals surface area contributed by atoms with Crippen LogP contribution in [-0.4, -0.2) is 30.8 Å². The Hall–Kier alpha value is -1.62. The van der Waals surface area contributed by atoms with Crippen molar-refractivity contribution in [3.05, 3.63) is 35.1 Å². The molecule has 0 aliphatic rings. The zero-order valence-electron chi connectivity index (χ0n) is 9.79. The van der Waals surface area contributed by atoms with Crippen molar-refractivity contribution < 1.29 is 14.3 Å². The SMILES string of the molecule is Cc1cc(F)ccc1CCNC(=O)NCCO. The van der Waals surface area contributed by atoms with E-state index in [-0.39, 0.29) is 25.0 Å². The van der Waals surface area contributed by atoms with Crippen molar-refractivity contribution in [1.82, 2.24) is 10.6 Å². The average molecular weight is 240 g/mol. The number of rotatable bonds is 5. The average Bonchev–Trinajstić information content (AvgIpc) is 2.29. The Kier molecular flexibility index (Phi) is 5.42. The number of carbonyl (C=O) groups is 1. The van der Waals surface area contributed by atoms with Crippen LogP contribution in [0.4, 0.5) is 9.18 Å². The van der Waals surface area contributed by atoms with Crippen LogP contribution in [0, 0.1) is 12.7 Å². The number of aliphatic hydroxyl groups excluding tert-OH is 1. The normalized spacial score (nSPS) is 10.1.